The van der Waals surface area contributed by atoms with Crippen molar-refractivity contribution in [2.45, 2.75) is 0 Å². The summed E-state index contributed by atoms with van der Waals surface area (Å²) >= 11 is 0. The highest BCUT2D eigenvalue weighted by atomic mass is 15.0. The maximum absolute atomic E-state index is 2.46. The van der Waals surface area contributed by atoms with Crippen LogP contribution in [0.25, 0.3) is 99.5 Å². The fourth-order valence-corrected chi connectivity index (χ4v) is 8.69. The van der Waals surface area contributed by atoms with Crippen molar-refractivity contribution in [1.82, 2.24) is 9.13 Å². The fourth-order valence-electron chi connectivity index (χ4n) is 8.69. The van der Waals surface area contributed by atoms with Crippen LogP contribution in [0.15, 0.2) is 218 Å². The second-order valence-corrected chi connectivity index (χ2v) is 14.5. The van der Waals surface area contributed by atoms with Crippen LogP contribution in [-0.4, -0.2) is 9.13 Å². The largest absolute Gasteiger partial charge is 0.309 e. The van der Waals surface area contributed by atoms with Gasteiger partial charge in [-0.1, -0.05) is 164 Å². The third kappa shape index (κ3) is 5.26. The molecule has 2 heteroatoms. The molecule has 0 saturated heterocycles. The Bertz CT molecular complexity index is 3210. The minimum Gasteiger partial charge on any atom is -0.309 e. The molecule has 0 atom stereocenters. The van der Waals surface area contributed by atoms with Gasteiger partial charge in [0.05, 0.1) is 22.1 Å². The van der Waals surface area contributed by atoms with Gasteiger partial charge in [0.25, 0.3) is 0 Å². The van der Waals surface area contributed by atoms with Gasteiger partial charge in [-0.15, -0.1) is 0 Å². The van der Waals surface area contributed by atoms with E-state index in [2.05, 4.69) is 228 Å². The number of nitrogens with zero attached hydrogens (tertiary/aromatic N) is 2. The van der Waals surface area contributed by atoms with Crippen molar-refractivity contribution in [2.75, 3.05) is 0 Å². The lowest BCUT2D eigenvalue weighted by Crippen LogP contribution is -1.96. The van der Waals surface area contributed by atoms with Crippen LogP contribution in [0.3, 0.4) is 0 Å². The predicted molar refractivity (Wildman–Crippen MR) is 237 cm³/mol. The van der Waals surface area contributed by atoms with Crippen molar-refractivity contribution in [3.63, 3.8) is 0 Å². The highest BCUT2D eigenvalue weighted by molar-refractivity contribution is 6.15. The molecule has 262 valence electrons. The Kier molecular flexibility index (Phi) is 7.53. The Labute approximate surface area is 325 Å². The van der Waals surface area contributed by atoms with Gasteiger partial charge in [-0.3, -0.25) is 0 Å². The highest BCUT2D eigenvalue weighted by Gasteiger charge is 2.19. The lowest BCUT2D eigenvalue weighted by atomic mass is 9.99. The first-order chi connectivity index (χ1) is 27.8. The highest BCUT2D eigenvalue weighted by Crippen LogP contribution is 2.41. The number of rotatable bonds is 6. The van der Waals surface area contributed by atoms with E-state index in [1.54, 1.807) is 0 Å². The summed E-state index contributed by atoms with van der Waals surface area (Å²) in [4.78, 5) is 0. The van der Waals surface area contributed by atoms with E-state index < -0.39 is 0 Å². The van der Waals surface area contributed by atoms with E-state index in [-0.39, 0.29) is 0 Å². The number of aromatic nitrogens is 2. The summed E-state index contributed by atoms with van der Waals surface area (Å²) in [5.41, 5.74) is 16.8. The lowest BCUT2D eigenvalue weighted by Gasteiger charge is -2.13. The van der Waals surface area contributed by atoms with E-state index in [1.807, 2.05) is 0 Å². The van der Waals surface area contributed by atoms with Crippen molar-refractivity contribution in [1.29, 1.82) is 0 Å². The minimum absolute atomic E-state index is 1.15. The molecule has 0 saturated carbocycles. The molecule has 0 fully saturated rings. The van der Waals surface area contributed by atoms with E-state index in [4.69, 9.17) is 0 Å². The van der Waals surface area contributed by atoms with E-state index in [9.17, 15) is 0 Å². The molecule has 11 rings (SSSR count). The summed E-state index contributed by atoms with van der Waals surface area (Å²) in [6.45, 7) is 0. The average molecular weight is 713 g/mol. The first-order valence-corrected chi connectivity index (χ1v) is 19.3. The maximum atomic E-state index is 2.46. The molecule has 9 aromatic carbocycles. The quantitative estimate of drug-likeness (QED) is 0.162. The number of benzene rings is 9. The summed E-state index contributed by atoms with van der Waals surface area (Å²) in [6, 6.07) is 79.4. The van der Waals surface area contributed by atoms with Crippen LogP contribution in [0.1, 0.15) is 0 Å². The SMILES string of the molecule is c1ccc(-c2ccc(-n3c4ccccc4c4cc(-c5ccc6c(c5)c5cccc(-c7ccccc7)c5n6-c5cccc(-c6ccccc6)c5)ccc43)cc2)cc1. The van der Waals surface area contributed by atoms with Crippen LogP contribution in [-0.2, 0) is 0 Å². The second-order valence-electron chi connectivity index (χ2n) is 14.5. The monoisotopic (exact) mass is 712 g/mol. The van der Waals surface area contributed by atoms with Crippen LogP contribution in [0, 0.1) is 0 Å². The van der Waals surface area contributed by atoms with Crippen LogP contribution in [0.2, 0.25) is 0 Å². The van der Waals surface area contributed by atoms with Gasteiger partial charge in [0.15, 0.2) is 0 Å². The van der Waals surface area contributed by atoms with Gasteiger partial charge in [0.1, 0.15) is 0 Å². The first-order valence-electron chi connectivity index (χ1n) is 19.3. The molecular formula is C54H36N2. The molecule has 0 N–H and O–H groups in total. The average Bonchev–Trinajstić information content (AvgIpc) is 3.80. The second kappa shape index (κ2) is 13.2. The molecule has 2 aromatic heterocycles. The number of hydrogen-bond acceptors (Lipinski definition) is 0. The zero-order valence-electron chi connectivity index (χ0n) is 30.7. The molecule has 2 nitrogen and oxygen atoms in total. The van der Waals surface area contributed by atoms with Gasteiger partial charge >= 0.3 is 0 Å². The van der Waals surface area contributed by atoms with Gasteiger partial charge in [0, 0.05) is 38.5 Å². The molecule has 0 unspecified atom stereocenters. The topological polar surface area (TPSA) is 9.86 Å². The predicted octanol–water partition coefficient (Wildman–Crippen LogP) is 14.5. The maximum Gasteiger partial charge on any atom is 0.0619 e. The van der Waals surface area contributed by atoms with Crippen molar-refractivity contribution in [3.8, 4) is 55.9 Å². The molecule has 0 amide bonds. The summed E-state index contributed by atoms with van der Waals surface area (Å²) in [6.07, 6.45) is 0. The fraction of sp³-hybridized carbons (Fsp3) is 0. The Hall–Kier alpha value is -7.42. The Morgan fingerprint density at radius 2 is 0.696 bits per heavy atom. The molecule has 0 spiro atoms. The summed E-state index contributed by atoms with van der Waals surface area (Å²) in [5.74, 6) is 0. The number of hydrogen-bond donors (Lipinski definition) is 0. The molecule has 56 heavy (non-hydrogen) atoms. The summed E-state index contributed by atoms with van der Waals surface area (Å²) in [7, 11) is 0. The van der Waals surface area contributed by atoms with Gasteiger partial charge in [-0.2, -0.15) is 0 Å². The molecule has 0 aliphatic carbocycles. The van der Waals surface area contributed by atoms with E-state index in [0.717, 1.165) is 11.4 Å². The molecule has 0 radical (unpaired) electrons. The van der Waals surface area contributed by atoms with Crippen LogP contribution in [0.5, 0.6) is 0 Å². The minimum atomic E-state index is 1.15. The van der Waals surface area contributed by atoms with E-state index in [1.165, 1.54) is 88.1 Å². The number of para-hydroxylation sites is 2. The molecular weight excluding hydrogens is 677 g/mol. The third-order valence-corrected chi connectivity index (χ3v) is 11.3. The molecule has 11 aromatic rings. The smallest absolute Gasteiger partial charge is 0.0619 e. The van der Waals surface area contributed by atoms with E-state index >= 15 is 0 Å². The van der Waals surface area contributed by atoms with Crippen molar-refractivity contribution in [3.05, 3.63) is 218 Å². The summed E-state index contributed by atoms with van der Waals surface area (Å²) in [5, 5.41) is 4.98. The van der Waals surface area contributed by atoms with Crippen molar-refractivity contribution < 1.29 is 0 Å². The molecule has 0 bridgehead atoms. The Morgan fingerprint density at radius 1 is 0.232 bits per heavy atom. The Morgan fingerprint density at radius 3 is 1.39 bits per heavy atom. The Balaban J connectivity index is 1.09. The molecule has 0 aliphatic rings. The standard InChI is InChI=1S/C54H36N2/c1-4-14-37(15-5-1)39-26-30-44(31-27-39)55-51-25-11-10-22-47(51)49-35-42(28-32-52(49)55)43-29-33-53-50(36-43)48-24-13-23-46(40-18-8-3-9-19-40)54(48)56(53)45-21-12-20-41(34-45)38-16-6-2-7-17-38/h1-36H. The van der Waals surface area contributed by atoms with Crippen LogP contribution >= 0.6 is 0 Å². The zero-order chi connectivity index (χ0) is 37.0. The normalized spacial score (nSPS) is 11.6. The zero-order valence-corrected chi connectivity index (χ0v) is 30.7. The third-order valence-electron chi connectivity index (χ3n) is 11.3. The van der Waals surface area contributed by atoms with Crippen molar-refractivity contribution in [2.24, 2.45) is 0 Å². The van der Waals surface area contributed by atoms with Crippen LogP contribution in [0.4, 0.5) is 0 Å². The van der Waals surface area contributed by atoms with Crippen LogP contribution < -0.4 is 0 Å². The van der Waals surface area contributed by atoms with Gasteiger partial charge in [0.2, 0.25) is 0 Å². The summed E-state index contributed by atoms with van der Waals surface area (Å²) < 4.78 is 4.86. The van der Waals surface area contributed by atoms with Gasteiger partial charge < -0.3 is 9.13 Å². The lowest BCUT2D eigenvalue weighted by molar-refractivity contribution is 1.18. The molecule has 2 heterocycles. The van der Waals surface area contributed by atoms with Crippen molar-refractivity contribution >= 4 is 43.6 Å². The number of fused-ring (bicyclic) bond motifs is 6. The van der Waals surface area contributed by atoms with E-state index in [0.29, 0.717) is 0 Å². The van der Waals surface area contributed by atoms with Gasteiger partial charge in [-0.05, 0) is 93.5 Å². The van der Waals surface area contributed by atoms with Gasteiger partial charge in [-0.25, -0.2) is 0 Å². The molecule has 0 aliphatic heterocycles. The first kappa shape index (κ1) is 32.0.